The first-order chi connectivity index (χ1) is 7.78. The molecule has 81 valence electrons. The summed E-state index contributed by atoms with van der Waals surface area (Å²) in [6, 6.07) is 15.3. The summed E-state index contributed by atoms with van der Waals surface area (Å²) in [4.78, 5) is 0. The molecule has 16 heavy (non-hydrogen) atoms. The van der Waals surface area contributed by atoms with Crippen LogP contribution in [0.4, 0.5) is 0 Å². The summed E-state index contributed by atoms with van der Waals surface area (Å²) in [5.41, 5.74) is 1.18. The lowest BCUT2D eigenvalue weighted by atomic mass is 10.2. The van der Waals surface area contributed by atoms with Gasteiger partial charge in [-0.05, 0) is 48.4 Å². The van der Waals surface area contributed by atoms with Gasteiger partial charge in [0.1, 0.15) is 11.5 Å². The molecular formula is C14H12ClO. The third kappa shape index (κ3) is 2.77. The Morgan fingerprint density at radius 2 is 1.38 bits per heavy atom. The Kier molecular flexibility index (Phi) is 3.47. The SMILES string of the molecule is C[CH]c1ccc(Oc2ccc(Cl)cc2)cc1. The second kappa shape index (κ2) is 5.04. The lowest BCUT2D eigenvalue weighted by Gasteiger charge is -2.06. The lowest BCUT2D eigenvalue weighted by Crippen LogP contribution is -1.84. The topological polar surface area (TPSA) is 9.23 Å². The van der Waals surface area contributed by atoms with Gasteiger partial charge in [-0.1, -0.05) is 30.7 Å². The Hall–Kier alpha value is -1.47. The van der Waals surface area contributed by atoms with E-state index in [4.69, 9.17) is 16.3 Å². The molecule has 2 aromatic rings. The van der Waals surface area contributed by atoms with Gasteiger partial charge < -0.3 is 4.74 Å². The molecule has 0 bridgehead atoms. The first-order valence-electron chi connectivity index (χ1n) is 5.11. The van der Waals surface area contributed by atoms with Gasteiger partial charge in [0.05, 0.1) is 0 Å². The van der Waals surface area contributed by atoms with Crippen LogP contribution in [0.5, 0.6) is 11.5 Å². The van der Waals surface area contributed by atoms with E-state index in [-0.39, 0.29) is 0 Å². The number of rotatable bonds is 3. The fraction of sp³-hybridized carbons (Fsp3) is 0.0714. The monoisotopic (exact) mass is 231 g/mol. The Bertz CT molecular complexity index is 445. The van der Waals surface area contributed by atoms with Crippen LogP contribution in [0.2, 0.25) is 5.02 Å². The van der Waals surface area contributed by atoms with Crippen molar-refractivity contribution in [3.63, 3.8) is 0 Å². The quantitative estimate of drug-likeness (QED) is 0.744. The van der Waals surface area contributed by atoms with Crippen molar-refractivity contribution in [2.24, 2.45) is 0 Å². The summed E-state index contributed by atoms with van der Waals surface area (Å²) in [5, 5.41) is 0.711. The summed E-state index contributed by atoms with van der Waals surface area (Å²) >= 11 is 5.79. The van der Waals surface area contributed by atoms with Gasteiger partial charge in [-0.2, -0.15) is 0 Å². The molecule has 1 nitrogen and oxygen atoms in total. The molecule has 0 saturated heterocycles. The molecule has 2 rings (SSSR count). The first kappa shape index (κ1) is 11.0. The van der Waals surface area contributed by atoms with Gasteiger partial charge in [-0.25, -0.2) is 0 Å². The smallest absolute Gasteiger partial charge is 0.127 e. The van der Waals surface area contributed by atoms with Crippen LogP contribution in [0.25, 0.3) is 0 Å². The van der Waals surface area contributed by atoms with E-state index in [0.717, 1.165) is 11.5 Å². The van der Waals surface area contributed by atoms with Crippen LogP contribution in [0.1, 0.15) is 12.5 Å². The van der Waals surface area contributed by atoms with Crippen LogP contribution in [0, 0.1) is 6.42 Å². The minimum absolute atomic E-state index is 0.711. The second-order valence-corrected chi connectivity index (χ2v) is 3.85. The average Bonchev–Trinajstić information content (AvgIpc) is 2.33. The van der Waals surface area contributed by atoms with Crippen molar-refractivity contribution in [3.8, 4) is 11.5 Å². The highest BCUT2D eigenvalue weighted by atomic mass is 35.5. The number of halogens is 1. The first-order valence-corrected chi connectivity index (χ1v) is 5.48. The molecule has 2 aromatic carbocycles. The van der Waals surface area contributed by atoms with Gasteiger partial charge >= 0.3 is 0 Å². The fourth-order valence-electron chi connectivity index (χ4n) is 1.37. The Labute approximate surface area is 101 Å². The van der Waals surface area contributed by atoms with Gasteiger partial charge in [0.25, 0.3) is 0 Å². The summed E-state index contributed by atoms with van der Waals surface area (Å²) in [6.45, 7) is 2.01. The minimum Gasteiger partial charge on any atom is -0.457 e. The Morgan fingerprint density at radius 3 is 1.88 bits per heavy atom. The average molecular weight is 232 g/mol. The van der Waals surface area contributed by atoms with Gasteiger partial charge in [0.15, 0.2) is 0 Å². The third-order valence-corrected chi connectivity index (χ3v) is 2.51. The molecule has 0 atom stereocenters. The number of ether oxygens (including phenoxy) is 1. The van der Waals surface area contributed by atoms with Crippen molar-refractivity contribution >= 4 is 11.6 Å². The van der Waals surface area contributed by atoms with E-state index in [1.807, 2.05) is 61.9 Å². The number of hydrogen-bond donors (Lipinski definition) is 0. The summed E-state index contributed by atoms with van der Waals surface area (Å²) < 4.78 is 5.66. The fourth-order valence-corrected chi connectivity index (χ4v) is 1.49. The summed E-state index contributed by atoms with van der Waals surface area (Å²) in [6.07, 6.45) is 2.05. The molecule has 0 saturated carbocycles. The lowest BCUT2D eigenvalue weighted by molar-refractivity contribution is 0.482. The van der Waals surface area contributed by atoms with Crippen LogP contribution in [0.15, 0.2) is 48.5 Å². The molecular weight excluding hydrogens is 220 g/mol. The maximum Gasteiger partial charge on any atom is 0.127 e. The van der Waals surface area contributed by atoms with E-state index in [0.29, 0.717) is 5.02 Å². The zero-order chi connectivity index (χ0) is 11.4. The zero-order valence-corrected chi connectivity index (χ0v) is 9.74. The molecule has 0 aliphatic rings. The molecule has 0 aliphatic carbocycles. The molecule has 0 amide bonds. The molecule has 0 aromatic heterocycles. The van der Waals surface area contributed by atoms with Crippen LogP contribution in [-0.4, -0.2) is 0 Å². The van der Waals surface area contributed by atoms with E-state index >= 15 is 0 Å². The van der Waals surface area contributed by atoms with Crippen LogP contribution < -0.4 is 4.74 Å². The molecule has 0 aliphatic heterocycles. The zero-order valence-electron chi connectivity index (χ0n) is 8.98. The molecule has 0 N–H and O–H groups in total. The maximum absolute atomic E-state index is 5.79. The standard InChI is InChI=1S/C14H12ClO/c1-2-11-3-7-13(8-4-11)16-14-9-5-12(15)6-10-14/h2-10H,1H3. The predicted molar refractivity (Wildman–Crippen MR) is 67.0 cm³/mol. The van der Waals surface area contributed by atoms with E-state index in [2.05, 4.69) is 0 Å². The van der Waals surface area contributed by atoms with Crippen LogP contribution in [-0.2, 0) is 0 Å². The molecule has 2 heteroatoms. The van der Waals surface area contributed by atoms with E-state index < -0.39 is 0 Å². The highest BCUT2D eigenvalue weighted by Gasteiger charge is 1.97. The van der Waals surface area contributed by atoms with Gasteiger partial charge in [0.2, 0.25) is 0 Å². The van der Waals surface area contributed by atoms with Gasteiger partial charge in [0, 0.05) is 5.02 Å². The second-order valence-electron chi connectivity index (χ2n) is 3.41. The predicted octanol–water partition coefficient (Wildman–Crippen LogP) is 4.70. The van der Waals surface area contributed by atoms with E-state index in [1.54, 1.807) is 0 Å². The Balaban J connectivity index is 2.11. The van der Waals surface area contributed by atoms with E-state index in [1.165, 1.54) is 5.56 Å². The summed E-state index contributed by atoms with van der Waals surface area (Å²) in [5.74, 6) is 1.62. The molecule has 0 unspecified atom stereocenters. The highest BCUT2D eigenvalue weighted by molar-refractivity contribution is 6.30. The van der Waals surface area contributed by atoms with Crippen LogP contribution in [0.3, 0.4) is 0 Å². The highest BCUT2D eigenvalue weighted by Crippen LogP contribution is 2.23. The van der Waals surface area contributed by atoms with Crippen molar-refractivity contribution in [3.05, 3.63) is 65.5 Å². The normalized spacial score (nSPS) is 10.1. The van der Waals surface area contributed by atoms with Gasteiger partial charge in [-0.3, -0.25) is 0 Å². The molecule has 0 heterocycles. The van der Waals surface area contributed by atoms with Crippen molar-refractivity contribution in [2.75, 3.05) is 0 Å². The van der Waals surface area contributed by atoms with Crippen molar-refractivity contribution in [1.29, 1.82) is 0 Å². The Morgan fingerprint density at radius 1 is 0.875 bits per heavy atom. The van der Waals surface area contributed by atoms with Crippen molar-refractivity contribution in [1.82, 2.24) is 0 Å². The maximum atomic E-state index is 5.79. The molecule has 0 fully saturated rings. The van der Waals surface area contributed by atoms with Crippen molar-refractivity contribution < 1.29 is 4.74 Å². The van der Waals surface area contributed by atoms with E-state index in [9.17, 15) is 0 Å². The minimum atomic E-state index is 0.711. The van der Waals surface area contributed by atoms with Crippen LogP contribution >= 0.6 is 11.6 Å². The molecule has 1 radical (unpaired) electrons. The summed E-state index contributed by atoms with van der Waals surface area (Å²) in [7, 11) is 0. The largest absolute Gasteiger partial charge is 0.457 e. The molecule has 0 spiro atoms. The van der Waals surface area contributed by atoms with Gasteiger partial charge in [-0.15, -0.1) is 0 Å². The van der Waals surface area contributed by atoms with Crippen molar-refractivity contribution in [2.45, 2.75) is 6.92 Å². The third-order valence-electron chi connectivity index (χ3n) is 2.26. The number of hydrogen-bond acceptors (Lipinski definition) is 1. The number of benzene rings is 2.